The van der Waals surface area contributed by atoms with Crippen LogP contribution in [-0.4, -0.2) is 41.0 Å². The molecule has 34 heavy (non-hydrogen) atoms. The van der Waals surface area contributed by atoms with Gasteiger partial charge in [-0.25, -0.2) is 4.79 Å². The first kappa shape index (κ1) is 26.6. The van der Waals surface area contributed by atoms with Crippen LogP contribution in [0.15, 0.2) is 42.5 Å². The maximum Gasteiger partial charge on any atom is 0.328 e. The number of aliphatic hydroxyl groups excluding tert-OH is 1. The molecule has 0 bridgehead atoms. The van der Waals surface area contributed by atoms with Gasteiger partial charge in [0, 0.05) is 18.2 Å². The highest BCUT2D eigenvalue weighted by Crippen LogP contribution is 2.36. The standard InChI is InChI=1S/C27H33Cl2NO4/c1-3-27(4-2,15-18-13-20-7-5-6-8-21(20)14-18)30-16-22(31)17-34-23-11-9-19(10-12-24(32)33)25(28)26(23)29/h5-12,18,22,30-31H,3-4,13-17H2,1-2H3,(H,32,33)/b12-10+/t22-/m1/s1. The molecular weight excluding hydrogens is 473 g/mol. The van der Waals surface area contributed by atoms with Gasteiger partial charge >= 0.3 is 5.97 Å². The van der Waals surface area contributed by atoms with Crippen LogP contribution in [0.5, 0.6) is 5.75 Å². The molecule has 0 spiro atoms. The van der Waals surface area contributed by atoms with E-state index in [0.29, 0.717) is 23.8 Å². The Labute approximate surface area is 211 Å². The van der Waals surface area contributed by atoms with Crippen LogP contribution in [0.4, 0.5) is 0 Å². The van der Waals surface area contributed by atoms with E-state index in [1.165, 1.54) is 17.2 Å². The molecule has 0 radical (unpaired) electrons. The van der Waals surface area contributed by atoms with Crippen molar-refractivity contribution < 1.29 is 19.7 Å². The maximum atomic E-state index is 10.7. The molecule has 0 heterocycles. The molecule has 0 saturated carbocycles. The van der Waals surface area contributed by atoms with Gasteiger partial charge in [0.2, 0.25) is 0 Å². The van der Waals surface area contributed by atoms with Gasteiger partial charge in [-0.1, -0.05) is 61.3 Å². The van der Waals surface area contributed by atoms with Gasteiger partial charge in [0.15, 0.2) is 0 Å². The molecule has 1 aliphatic rings. The highest BCUT2D eigenvalue weighted by Gasteiger charge is 2.32. The zero-order chi connectivity index (χ0) is 24.7. The first-order valence-electron chi connectivity index (χ1n) is 11.8. The Kier molecular flexibility index (Phi) is 9.43. The van der Waals surface area contributed by atoms with Crippen LogP contribution < -0.4 is 10.1 Å². The van der Waals surface area contributed by atoms with Crippen molar-refractivity contribution >= 4 is 35.2 Å². The smallest absolute Gasteiger partial charge is 0.328 e. The molecule has 0 saturated heterocycles. The Hall–Kier alpha value is -2.05. The van der Waals surface area contributed by atoms with Gasteiger partial charge in [-0.2, -0.15) is 0 Å². The van der Waals surface area contributed by atoms with E-state index >= 15 is 0 Å². The number of carbonyl (C=O) groups is 1. The van der Waals surface area contributed by atoms with E-state index in [2.05, 4.69) is 43.4 Å². The third-order valence-electron chi connectivity index (χ3n) is 6.79. The van der Waals surface area contributed by atoms with E-state index in [-0.39, 0.29) is 22.2 Å². The second kappa shape index (κ2) is 12.1. The van der Waals surface area contributed by atoms with E-state index < -0.39 is 12.1 Å². The van der Waals surface area contributed by atoms with Gasteiger partial charge in [0.05, 0.1) is 5.02 Å². The normalized spacial score (nSPS) is 15.0. The van der Waals surface area contributed by atoms with Gasteiger partial charge in [0.1, 0.15) is 23.5 Å². The third kappa shape index (κ3) is 6.76. The molecule has 0 unspecified atom stereocenters. The minimum absolute atomic E-state index is 0.0350. The van der Waals surface area contributed by atoms with Crippen LogP contribution >= 0.6 is 23.2 Å². The Morgan fingerprint density at radius 3 is 2.38 bits per heavy atom. The van der Waals surface area contributed by atoms with Crippen molar-refractivity contribution in [3.63, 3.8) is 0 Å². The number of ether oxygens (including phenoxy) is 1. The van der Waals surface area contributed by atoms with E-state index in [4.69, 9.17) is 33.0 Å². The Balaban J connectivity index is 1.54. The molecule has 1 atom stereocenters. The molecule has 1 aliphatic carbocycles. The lowest BCUT2D eigenvalue weighted by Gasteiger charge is -2.36. The molecule has 2 aromatic rings. The van der Waals surface area contributed by atoms with Crippen molar-refractivity contribution in [1.82, 2.24) is 5.32 Å². The molecule has 5 nitrogen and oxygen atoms in total. The summed E-state index contributed by atoms with van der Waals surface area (Å²) in [4.78, 5) is 10.7. The van der Waals surface area contributed by atoms with Crippen molar-refractivity contribution in [3.8, 4) is 5.75 Å². The highest BCUT2D eigenvalue weighted by molar-refractivity contribution is 6.43. The number of carboxylic acid groups (broad SMARTS) is 1. The number of hydrogen-bond acceptors (Lipinski definition) is 4. The second-order valence-electron chi connectivity index (χ2n) is 9.03. The van der Waals surface area contributed by atoms with E-state index in [1.54, 1.807) is 12.1 Å². The molecule has 0 amide bonds. The highest BCUT2D eigenvalue weighted by atomic mass is 35.5. The number of hydrogen-bond donors (Lipinski definition) is 3. The summed E-state index contributed by atoms with van der Waals surface area (Å²) in [5, 5.41) is 23.4. The number of benzene rings is 2. The lowest BCUT2D eigenvalue weighted by Crippen LogP contribution is -2.49. The van der Waals surface area contributed by atoms with Crippen LogP contribution in [0.25, 0.3) is 6.08 Å². The van der Waals surface area contributed by atoms with Crippen molar-refractivity contribution in [2.75, 3.05) is 13.2 Å². The van der Waals surface area contributed by atoms with Crippen LogP contribution in [0.2, 0.25) is 10.0 Å². The fraction of sp³-hybridized carbons (Fsp3) is 0.444. The molecule has 0 aliphatic heterocycles. The summed E-state index contributed by atoms with van der Waals surface area (Å²) >= 11 is 12.5. The molecule has 0 fully saturated rings. The number of fused-ring (bicyclic) bond motifs is 1. The number of aliphatic hydroxyl groups is 1. The summed E-state index contributed by atoms with van der Waals surface area (Å²) in [5.74, 6) is -0.122. The Morgan fingerprint density at radius 2 is 1.79 bits per heavy atom. The molecule has 0 aromatic heterocycles. The average Bonchev–Trinajstić information content (AvgIpc) is 3.24. The maximum absolute atomic E-state index is 10.7. The van der Waals surface area contributed by atoms with Crippen molar-refractivity contribution in [1.29, 1.82) is 0 Å². The van der Waals surface area contributed by atoms with E-state index in [1.807, 2.05) is 0 Å². The third-order valence-corrected chi connectivity index (χ3v) is 7.67. The molecule has 184 valence electrons. The number of nitrogens with one attached hydrogen (secondary N) is 1. The van der Waals surface area contributed by atoms with Crippen LogP contribution in [0.1, 0.15) is 49.8 Å². The summed E-state index contributed by atoms with van der Waals surface area (Å²) in [5.41, 5.74) is 3.37. The number of halogens is 2. The summed E-state index contributed by atoms with van der Waals surface area (Å²) in [6, 6.07) is 11.9. The molecule has 2 aromatic carbocycles. The predicted molar refractivity (Wildman–Crippen MR) is 138 cm³/mol. The van der Waals surface area contributed by atoms with Crippen LogP contribution in [0.3, 0.4) is 0 Å². The van der Waals surface area contributed by atoms with Crippen LogP contribution in [-0.2, 0) is 17.6 Å². The number of carboxylic acids is 1. The Morgan fingerprint density at radius 1 is 1.15 bits per heavy atom. The largest absolute Gasteiger partial charge is 0.489 e. The topological polar surface area (TPSA) is 78.8 Å². The monoisotopic (exact) mass is 505 g/mol. The average molecular weight is 506 g/mol. The summed E-state index contributed by atoms with van der Waals surface area (Å²) < 4.78 is 5.72. The van der Waals surface area contributed by atoms with Crippen molar-refractivity contribution in [2.24, 2.45) is 5.92 Å². The minimum Gasteiger partial charge on any atom is -0.489 e. The predicted octanol–water partition coefficient (Wildman–Crippen LogP) is 5.78. The van der Waals surface area contributed by atoms with Gasteiger partial charge < -0.3 is 20.3 Å². The zero-order valence-electron chi connectivity index (χ0n) is 19.7. The lowest BCUT2D eigenvalue weighted by atomic mass is 9.81. The molecular formula is C27H33Cl2NO4. The SMILES string of the molecule is CCC(CC)(CC1Cc2ccccc2C1)NC[C@@H](O)COc1ccc(/C=C/C(=O)O)c(Cl)c1Cl. The zero-order valence-corrected chi connectivity index (χ0v) is 21.2. The quantitative estimate of drug-likeness (QED) is 0.318. The fourth-order valence-corrected chi connectivity index (χ4v) is 5.18. The van der Waals surface area contributed by atoms with Gasteiger partial charge in [0.25, 0.3) is 0 Å². The van der Waals surface area contributed by atoms with Gasteiger partial charge in [-0.3, -0.25) is 0 Å². The number of β-amino-alcohol motifs (C(OH)–C–C–N with tert-alkyl or cyclic N) is 1. The van der Waals surface area contributed by atoms with E-state index in [9.17, 15) is 9.90 Å². The summed E-state index contributed by atoms with van der Waals surface area (Å²) in [6.45, 7) is 4.87. The van der Waals surface area contributed by atoms with E-state index in [0.717, 1.165) is 38.2 Å². The first-order valence-corrected chi connectivity index (χ1v) is 12.5. The number of rotatable bonds is 12. The summed E-state index contributed by atoms with van der Waals surface area (Å²) in [6.07, 6.45) is 6.90. The van der Waals surface area contributed by atoms with Crippen molar-refractivity contribution in [2.45, 2.75) is 57.6 Å². The number of aliphatic carboxylic acids is 1. The fourth-order valence-electron chi connectivity index (χ4n) is 4.73. The minimum atomic E-state index is -1.07. The molecule has 3 rings (SSSR count). The summed E-state index contributed by atoms with van der Waals surface area (Å²) in [7, 11) is 0. The van der Waals surface area contributed by atoms with Crippen molar-refractivity contribution in [3.05, 3.63) is 69.2 Å². The van der Waals surface area contributed by atoms with Crippen LogP contribution in [0, 0.1) is 5.92 Å². The second-order valence-corrected chi connectivity index (χ2v) is 9.79. The van der Waals surface area contributed by atoms with Gasteiger partial charge in [-0.05, 0) is 72.9 Å². The van der Waals surface area contributed by atoms with Gasteiger partial charge in [-0.15, -0.1) is 0 Å². The first-order chi connectivity index (χ1) is 16.3. The Bertz CT molecular complexity index is 995. The lowest BCUT2D eigenvalue weighted by molar-refractivity contribution is -0.131. The molecule has 7 heteroatoms. The molecule has 3 N–H and O–H groups in total.